The van der Waals surface area contributed by atoms with Gasteiger partial charge in [0, 0.05) is 13.1 Å². The van der Waals surface area contributed by atoms with Crippen LogP contribution in [-0.4, -0.2) is 45.8 Å². The van der Waals surface area contributed by atoms with E-state index >= 15 is 0 Å². The molecule has 4 rings (SSSR count). The predicted molar refractivity (Wildman–Crippen MR) is 140 cm³/mol. The van der Waals surface area contributed by atoms with E-state index in [0.717, 1.165) is 30.6 Å². The Morgan fingerprint density at radius 1 is 0.944 bits per heavy atom. The van der Waals surface area contributed by atoms with Crippen molar-refractivity contribution in [3.8, 4) is 0 Å². The third kappa shape index (κ3) is 5.84. The number of carbonyl (C=O) groups excluding carboxylic acids is 1. The minimum Gasteiger partial charge on any atom is -0.278 e. The van der Waals surface area contributed by atoms with Crippen LogP contribution in [0.4, 0.5) is 5.69 Å². The maximum Gasteiger partial charge on any atom is 0.273 e. The molecule has 1 aliphatic rings. The number of rotatable bonds is 8. The Hall–Kier alpha value is -3.06. The Bertz CT molecular complexity index is 1480. The second kappa shape index (κ2) is 10.9. The van der Waals surface area contributed by atoms with Gasteiger partial charge in [0.15, 0.2) is 0 Å². The average molecular weight is 547 g/mol. The first-order valence-corrected chi connectivity index (χ1v) is 15.1. The van der Waals surface area contributed by atoms with Gasteiger partial charge in [-0.1, -0.05) is 36.8 Å². The van der Waals surface area contributed by atoms with Crippen LogP contribution in [0, 0.1) is 0 Å². The van der Waals surface area contributed by atoms with E-state index in [-0.39, 0.29) is 20.4 Å². The van der Waals surface area contributed by atoms with Gasteiger partial charge in [0.2, 0.25) is 10.0 Å². The number of thiophene rings is 1. The second-order valence-electron chi connectivity index (χ2n) is 8.21. The van der Waals surface area contributed by atoms with Crippen LogP contribution < -0.4 is 10.1 Å². The van der Waals surface area contributed by atoms with Crippen molar-refractivity contribution in [3.05, 3.63) is 77.2 Å². The monoisotopic (exact) mass is 546 g/mol. The van der Waals surface area contributed by atoms with E-state index in [4.69, 9.17) is 0 Å². The van der Waals surface area contributed by atoms with Gasteiger partial charge < -0.3 is 0 Å². The molecule has 0 radical (unpaired) electrons. The number of amides is 1. The van der Waals surface area contributed by atoms with E-state index < -0.39 is 26.0 Å². The zero-order valence-corrected chi connectivity index (χ0v) is 22.0. The molecule has 2 aromatic carbocycles. The van der Waals surface area contributed by atoms with Crippen LogP contribution in [0.3, 0.4) is 0 Å². The molecule has 9 nitrogen and oxygen atoms in total. The summed E-state index contributed by atoms with van der Waals surface area (Å²) >= 11 is 1.07. The number of sulfonamides is 2. The Morgan fingerprint density at radius 3 is 2.42 bits per heavy atom. The lowest BCUT2D eigenvalue weighted by molar-refractivity contribution is 0.0955. The number of anilines is 1. The normalized spacial score (nSPS) is 15.4. The lowest BCUT2D eigenvalue weighted by Crippen LogP contribution is -2.35. The minimum absolute atomic E-state index is 0.0932. The van der Waals surface area contributed by atoms with Gasteiger partial charge in [0.25, 0.3) is 15.9 Å². The van der Waals surface area contributed by atoms with Crippen LogP contribution in [0.2, 0.25) is 0 Å². The largest absolute Gasteiger partial charge is 0.278 e. The van der Waals surface area contributed by atoms with E-state index in [1.165, 1.54) is 28.6 Å². The molecule has 0 spiro atoms. The Labute approximate surface area is 215 Å². The van der Waals surface area contributed by atoms with Gasteiger partial charge in [-0.25, -0.2) is 22.3 Å². The highest BCUT2D eigenvalue weighted by molar-refractivity contribution is 7.94. The van der Waals surface area contributed by atoms with Crippen LogP contribution >= 0.6 is 11.3 Å². The molecule has 1 saturated heterocycles. The Balaban J connectivity index is 1.51. The fourth-order valence-corrected chi connectivity index (χ4v) is 7.41. The quantitative estimate of drug-likeness (QED) is 0.328. The first kappa shape index (κ1) is 26.0. The smallest absolute Gasteiger partial charge is 0.273 e. The molecule has 0 atom stereocenters. The summed E-state index contributed by atoms with van der Waals surface area (Å²) < 4.78 is 55.3. The molecule has 2 heterocycles. The van der Waals surface area contributed by atoms with Crippen molar-refractivity contribution in [2.24, 2.45) is 5.10 Å². The van der Waals surface area contributed by atoms with Gasteiger partial charge in [0.05, 0.1) is 21.9 Å². The molecule has 1 aliphatic heterocycles. The molecule has 1 aromatic heterocycles. The zero-order chi connectivity index (χ0) is 25.8. The van der Waals surface area contributed by atoms with Crippen molar-refractivity contribution in [1.29, 1.82) is 0 Å². The maximum atomic E-state index is 13.0. The lowest BCUT2D eigenvalue weighted by Gasteiger charge is -2.26. The first-order chi connectivity index (χ1) is 17.2. The van der Waals surface area contributed by atoms with Crippen molar-refractivity contribution in [2.45, 2.75) is 35.3 Å². The summed E-state index contributed by atoms with van der Waals surface area (Å²) in [6.45, 7) is 2.66. The molecule has 1 fully saturated rings. The van der Waals surface area contributed by atoms with E-state index in [1.54, 1.807) is 48.7 Å². The fourth-order valence-electron chi connectivity index (χ4n) is 3.78. The molecule has 0 bridgehead atoms. The van der Waals surface area contributed by atoms with E-state index in [9.17, 15) is 21.6 Å². The number of nitrogens with zero attached hydrogens (tertiary/aromatic N) is 2. The van der Waals surface area contributed by atoms with Crippen molar-refractivity contribution < 1.29 is 21.6 Å². The number of hydrogen-bond donors (Lipinski definition) is 2. The number of benzene rings is 2. The van der Waals surface area contributed by atoms with E-state index in [1.807, 2.05) is 0 Å². The molecule has 190 valence electrons. The standard InChI is InChI=1S/C24H26N4O5S3/c1-18(19-9-7-10-20(17-19)36(32,33)28-14-5-2-6-15-28)25-26-24(29)21-11-3-4-12-22(21)27-35(30,31)23-13-8-16-34-23/h3-4,7-13,16-17,27H,2,5-6,14-15H2,1H3,(H,26,29)/b25-18+. The van der Waals surface area contributed by atoms with Crippen LogP contribution in [-0.2, 0) is 20.0 Å². The number of nitrogens with one attached hydrogen (secondary N) is 2. The molecule has 0 unspecified atom stereocenters. The maximum absolute atomic E-state index is 13.0. The molecule has 0 aliphatic carbocycles. The lowest BCUT2D eigenvalue weighted by atomic mass is 10.1. The van der Waals surface area contributed by atoms with Crippen molar-refractivity contribution >= 4 is 48.7 Å². The number of carbonyl (C=O) groups is 1. The molecule has 3 aromatic rings. The summed E-state index contributed by atoms with van der Waals surface area (Å²) in [5.74, 6) is -0.615. The first-order valence-electron chi connectivity index (χ1n) is 11.3. The summed E-state index contributed by atoms with van der Waals surface area (Å²) in [5.41, 5.74) is 3.59. The van der Waals surface area contributed by atoms with Crippen LogP contribution in [0.5, 0.6) is 0 Å². The van der Waals surface area contributed by atoms with Crippen LogP contribution in [0.25, 0.3) is 0 Å². The van der Waals surface area contributed by atoms with Gasteiger partial charge in [-0.05, 0) is 61.0 Å². The molecular formula is C24H26N4O5S3. The average Bonchev–Trinajstić information content (AvgIpc) is 3.44. The predicted octanol–water partition coefficient (Wildman–Crippen LogP) is 3.88. The SMILES string of the molecule is C/C(=N\NC(=O)c1ccccc1NS(=O)(=O)c1cccs1)c1cccc(S(=O)(=O)N2CCCCC2)c1. The fraction of sp³-hybridized carbons (Fsp3) is 0.250. The summed E-state index contributed by atoms with van der Waals surface area (Å²) in [4.78, 5) is 13.0. The number of hydrogen-bond acceptors (Lipinski definition) is 7. The Kier molecular flexibility index (Phi) is 7.88. The van der Waals surface area contributed by atoms with Gasteiger partial charge in [-0.15, -0.1) is 11.3 Å². The van der Waals surface area contributed by atoms with Crippen LogP contribution in [0.15, 0.2) is 80.2 Å². The Morgan fingerprint density at radius 2 is 1.69 bits per heavy atom. The van der Waals surface area contributed by atoms with Gasteiger partial charge in [-0.2, -0.15) is 9.41 Å². The molecule has 1 amide bonds. The third-order valence-corrected chi connectivity index (χ3v) is 10.4. The topological polar surface area (TPSA) is 125 Å². The van der Waals surface area contributed by atoms with Crippen molar-refractivity contribution in [3.63, 3.8) is 0 Å². The van der Waals surface area contributed by atoms with Crippen molar-refractivity contribution in [1.82, 2.24) is 9.73 Å². The minimum atomic E-state index is -3.84. The number of hydrazone groups is 1. The van der Waals surface area contributed by atoms with Crippen LogP contribution in [0.1, 0.15) is 42.1 Å². The van der Waals surface area contributed by atoms with E-state index in [0.29, 0.717) is 24.4 Å². The van der Waals surface area contributed by atoms with E-state index in [2.05, 4.69) is 15.2 Å². The van der Waals surface area contributed by atoms with Gasteiger partial charge >= 0.3 is 0 Å². The summed E-state index contributed by atoms with van der Waals surface area (Å²) in [6, 6.07) is 15.8. The summed E-state index contributed by atoms with van der Waals surface area (Å²) in [7, 11) is -7.44. The van der Waals surface area contributed by atoms with Gasteiger partial charge in [0.1, 0.15) is 4.21 Å². The highest BCUT2D eigenvalue weighted by Crippen LogP contribution is 2.24. The summed E-state index contributed by atoms with van der Waals surface area (Å²) in [5, 5.41) is 5.78. The molecular weight excluding hydrogens is 520 g/mol. The zero-order valence-electron chi connectivity index (χ0n) is 19.5. The van der Waals surface area contributed by atoms with Gasteiger partial charge in [-0.3, -0.25) is 9.52 Å². The third-order valence-electron chi connectivity index (χ3n) is 5.71. The molecule has 36 heavy (non-hydrogen) atoms. The molecule has 12 heteroatoms. The number of para-hydroxylation sites is 1. The second-order valence-corrected chi connectivity index (χ2v) is 13.0. The highest BCUT2D eigenvalue weighted by atomic mass is 32.2. The van der Waals surface area contributed by atoms with Crippen molar-refractivity contribution in [2.75, 3.05) is 17.8 Å². The molecule has 2 N–H and O–H groups in total. The number of piperidine rings is 1. The summed E-state index contributed by atoms with van der Waals surface area (Å²) in [6.07, 6.45) is 2.71. The highest BCUT2D eigenvalue weighted by Gasteiger charge is 2.26. The molecule has 0 saturated carbocycles.